The second-order valence-corrected chi connectivity index (χ2v) is 9.43. The number of aromatic nitrogens is 1. The van der Waals surface area contributed by atoms with Gasteiger partial charge in [-0.05, 0) is 29.9 Å². The lowest BCUT2D eigenvalue weighted by atomic mass is 9.83. The molecule has 0 spiro atoms. The zero-order valence-corrected chi connectivity index (χ0v) is 18.8. The molecule has 3 atom stereocenters. The summed E-state index contributed by atoms with van der Waals surface area (Å²) in [6, 6.07) is 14.3. The minimum atomic E-state index is -0.639. The molecule has 0 saturated carbocycles. The van der Waals surface area contributed by atoms with Crippen molar-refractivity contribution in [3.63, 3.8) is 0 Å². The van der Waals surface area contributed by atoms with E-state index in [1.54, 1.807) is 12.1 Å². The van der Waals surface area contributed by atoms with Crippen LogP contribution >= 0.6 is 0 Å². The number of piperidine rings is 1. The number of likely N-dealkylation sites (tertiary alicyclic amines) is 1. The summed E-state index contributed by atoms with van der Waals surface area (Å²) in [5.41, 5.74) is 2.03. The number of pyridine rings is 1. The van der Waals surface area contributed by atoms with Crippen LogP contribution < -0.4 is 16.2 Å². The lowest BCUT2D eigenvalue weighted by molar-refractivity contribution is -0.123. The van der Waals surface area contributed by atoms with Gasteiger partial charge in [0.15, 0.2) is 0 Å². The van der Waals surface area contributed by atoms with Gasteiger partial charge in [-0.1, -0.05) is 50.2 Å². The molecule has 7 heteroatoms. The molecule has 1 aromatic heterocycles. The number of hydrogen-bond donors (Lipinski definition) is 2. The van der Waals surface area contributed by atoms with Crippen LogP contribution in [0.25, 0.3) is 0 Å². The molecule has 3 heterocycles. The maximum Gasteiger partial charge on any atom is 0.318 e. The van der Waals surface area contributed by atoms with Crippen molar-refractivity contribution in [2.45, 2.75) is 45.2 Å². The fourth-order valence-corrected chi connectivity index (χ4v) is 4.79. The summed E-state index contributed by atoms with van der Waals surface area (Å²) in [7, 11) is 0. The van der Waals surface area contributed by atoms with Gasteiger partial charge in [-0.2, -0.15) is 0 Å². The van der Waals surface area contributed by atoms with Crippen molar-refractivity contribution in [3.05, 3.63) is 70.1 Å². The van der Waals surface area contributed by atoms with Crippen molar-refractivity contribution in [2.75, 3.05) is 19.6 Å². The second-order valence-electron chi connectivity index (χ2n) is 9.43. The highest BCUT2D eigenvalue weighted by atomic mass is 16.2. The van der Waals surface area contributed by atoms with Gasteiger partial charge in [-0.3, -0.25) is 9.59 Å². The quantitative estimate of drug-likeness (QED) is 0.729. The molecule has 0 aliphatic carbocycles. The second kappa shape index (κ2) is 9.59. The minimum absolute atomic E-state index is 0.0276. The van der Waals surface area contributed by atoms with Gasteiger partial charge in [0, 0.05) is 50.3 Å². The normalized spacial score (nSPS) is 20.4. The molecule has 1 saturated heterocycles. The Bertz CT molecular complexity index is 1020. The maximum atomic E-state index is 13.2. The number of amides is 3. The van der Waals surface area contributed by atoms with Crippen molar-refractivity contribution >= 4 is 11.9 Å². The molecule has 32 heavy (non-hydrogen) atoms. The molecule has 170 valence electrons. The third-order valence-electron chi connectivity index (χ3n) is 6.35. The summed E-state index contributed by atoms with van der Waals surface area (Å²) in [6.45, 7) is 6.44. The van der Waals surface area contributed by atoms with E-state index in [9.17, 15) is 14.4 Å². The van der Waals surface area contributed by atoms with Crippen LogP contribution in [0.5, 0.6) is 0 Å². The Morgan fingerprint density at radius 3 is 2.56 bits per heavy atom. The van der Waals surface area contributed by atoms with E-state index in [-0.39, 0.29) is 29.3 Å². The molecule has 1 fully saturated rings. The number of urea groups is 1. The van der Waals surface area contributed by atoms with Gasteiger partial charge in [-0.25, -0.2) is 4.79 Å². The number of benzene rings is 1. The molecule has 2 bridgehead atoms. The molecule has 1 aromatic carbocycles. The van der Waals surface area contributed by atoms with E-state index >= 15 is 0 Å². The largest absolute Gasteiger partial charge is 0.354 e. The number of fused-ring (bicyclic) bond motifs is 4. The molecular weight excluding hydrogens is 404 g/mol. The summed E-state index contributed by atoms with van der Waals surface area (Å²) in [5, 5.41) is 5.95. The Morgan fingerprint density at radius 1 is 1.03 bits per heavy atom. The van der Waals surface area contributed by atoms with Crippen molar-refractivity contribution in [2.24, 2.45) is 11.8 Å². The van der Waals surface area contributed by atoms with Crippen LogP contribution in [0, 0.1) is 11.8 Å². The Morgan fingerprint density at radius 2 is 1.81 bits per heavy atom. The summed E-state index contributed by atoms with van der Waals surface area (Å²) < 4.78 is 1.85. The first-order valence-electron chi connectivity index (χ1n) is 11.5. The van der Waals surface area contributed by atoms with Gasteiger partial charge < -0.3 is 20.1 Å². The van der Waals surface area contributed by atoms with Crippen molar-refractivity contribution < 1.29 is 9.59 Å². The fraction of sp³-hybridized carbons (Fsp3) is 0.480. The number of carbonyl (C=O) groups excluding carboxylic acids is 2. The SMILES string of the molecule is CC(C)CNC(=O)C(Cc1ccccc1)NC(=O)N1CC2CC(C1)c1cccc(=O)n1C2. The summed E-state index contributed by atoms with van der Waals surface area (Å²) in [4.78, 5) is 40.2. The predicted octanol–water partition coefficient (Wildman–Crippen LogP) is 2.36. The predicted molar refractivity (Wildman–Crippen MR) is 123 cm³/mol. The standard InChI is InChI=1S/C25H32N4O3/c1-17(2)13-26-24(31)21(12-18-7-4-3-5-8-18)27-25(32)28-14-19-11-20(16-28)22-9-6-10-23(30)29(22)15-19/h3-10,17,19-21H,11-16H2,1-2H3,(H,26,31)(H,27,32). The molecule has 2 aliphatic heterocycles. The zero-order valence-electron chi connectivity index (χ0n) is 18.8. The van der Waals surface area contributed by atoms with Gasteiger partial charge in [0.2, 0.25) is 5.91 Å². The Hall–Kier alpha value is -3.09. The Labute approximate surface area is 188 Å². The van der Waals surface area contributed by atoms with E-state index < -0.39 is 6.04 Å². The van der Waals surface area contributed by atoms with Gasteiger partial charge in [0.1, 0.15) is 6.04 Å². The van der Waals surface area contributed by atoms with E-state index in [2.05, 4.69) is 10.6 Å². The van der Waals surface area contributed by atoms with Crippen LogP contribution in [0.3, 0.4) is 0 Å². The topological polar surface area (TPSA) is 83.4 Å². The average molecular weight is 437 g/mol. The highest BCUT2D eigenvalue weighted by Crippen LogP contribution is 2.34. The number of carbonyl (C=O) groups is 2. The van der Waals surface area contributed by atoms with Crippen LogP contribution in [0.15, 0.2) is 53.3 Å². The van der Waals surface area contributed by atoms with Crippen molar-refractivity contribution in [1.82, 2.24) is 20.1 Å². The smallest absolute Gasteiger partial charge is 0.318 e. The van der Waals surface area contributed by atoms with Crippen LogP contribution in [0.4, 0.5) is 4.79 Å². The summed E-state index contributed by atoms with van der Waals surface area (Å²) in [5.74, 6) is 0.556. The average Bonchev–Trinajstić information content (AvgIpc) is 2.78. The molecule has 3 amide bonds. The molecule has 2 N–H and O–H groups in total. The highest BCUT2D eigenvalue weighted by Gasteiger charge is 2.37. The van der Waals surface area contributed by atoms with E-state index in [1.165, 1.54) is 0 Å². The number of nitrogens with one attached hydrogen (secondary N) is 2. The zero-order chi connectivity index (χ0) is 22.7. The fourth-order valence-electron chi connectivity index (χ4n) is 4.79. The molecular formula is C25H32N4O3. The molecule has 0 radical (unpaired) electrons. The molecule has 4 rings (SSSR count). The number of nitrogens with zero attached hydrogens (tertiary/aromatic N) is 2. The Kier molecular flexibility index (Phi) is 6.63. The highest BCUT2D eigenvalue weighted by molar-refractivity contribution is 5.87. The lowest BCUT2D eigenvalue weighted by Crippen LogP contribution is -2.56. The third-order valence-corrected chi connectivity index (χ3v) is 6.35. The minimum Gasteiger partial charge on any atom is -0.354 e. The number of rotatable bonds is 6. The van der Waals surface area contributed by atoms with Crippen LogP contribution in [0.2, 0.25) is 0 Å². The van der Waals surface area contributed by atoms with E-state index in [4.69, 9.17) is 0 Å². The van der Waals surface area contributed by atoms with Gasteiger partial charge >= 0.3 is 6.03 Å². The molecule has 7 nitrogen and oxygen atoms in total. The molecule has 2 aliphatic rings. The monoisotopic (exact) mass is 436 g/mol. The van der Waals surface area contributed by atoms with Gasteiger partial charge in [-0.15, -0.1) is 0 Å². The lowest BCUT2D eigenvalue weighted by Gasteiger charge is -2.43. The van der Waals surface area contributed by atoms with Crippen LogP contribution in [-0.2, 0) is 17.8 Å². The third kappa shape index (κ3) is 5.03. The molecule has 2 aromatic rings. The first-order chi connectivity index (χ1) is 15.4. The van der Waals surface area contributed by atoms with Gasteiger partial charge in [0.05, 0.1) is 0 Å². The van der Waals surface area contributed by atoms with Crippen molar-refractivity contribution in [1.29, 1.82) is 0 Å². The van der Waals surface area contributed by atoms with E-state index in [1.807, 2.05) is 59.7 Å². The first-order valence-corrected chi connectivity index (χ1v) is 11.5. The first kappa shape index (κ1) is 22.1. The van der Waals surface area contributed by atoms with Crippen LogP contribution in [-0.4, -0.2) is 47.1 Å². The van der Waals surface area contributed by atoms with Gasteiger partial charge in [0.25, 0.3) is 5.56 Å². The maximum absolute atomic E-state index is 13.2. The molecule has 3 unspecified atom stereocenters. The van der Waals surface area contributed by atoms with E-state index in [0.717, 1.165) is 17.7 Å². The summed E-state index contributed by atoms with van der Waals surface area (Å²) >= 11 is 0. The van der Waals surface area contributed by atoms with Crippen molar-refractivity contribution in [3.8, 4) is 0 Å². The Balaban J connectivity index is 1.47. The summed E-state index contributed by atoms with van der Waals surface area (Å²) in [6.07, 6.45) is 1.42. The van der Waals surface area contributed by atoms with Crippen LogP contribution in [0.1, 0.15) is 37.4 Å². The van der Waals surface area contributed by atoms with E-state index in [0.29, 0.717) is 38.5 Å². The number of hydrogen-bond acceptors (Lipinski definition) is 3.